The van der Waals surface area contributed by atoms with Crippen LogP contribution in [0.4, 0.5) is 0 Å². The third-order valence-corrected chi connectivity index (χ3v) is 1.65. The summed E-state index contributed by atoms with van der Waals surface area (Å²) in [6.07, 6.45) is 5.33. The lowest BCUT2D eigenvalue weighted by Crippen LogP contribution is -2.14. The molecule has 84 valence electrons. The van der Waals surface area contributed by atoms with Crippen molar-refractivity contribution in [3.8, 4) is 12.3 Å². The first-order valence-electron chi connectivity index (χ1n) is 4.84. The molecule has 15 heavy (non-hydrogen) atoms. The monoisotopic (exact) mass is 212 g/mol. The number of ether oxygens (including phenoxy) is 2. The van der Waals surface area contributed by atoms with Crippen LogP contribution in [0.25, 0.3) is 0 Å². The lowest BCUT2D eigenvalue weighted by molar-refractivity contribution is -0.146. The summed E-state index contributed by atoms with van der Waals surface area (Å²) in [5, 5.41) is 0. The molecule has 0 aliphatic rings. The van der Waals surface area contributed by atoms with Gasteiger partial charge in [0, 0.05) is 12.8 Å². The minimum Gasteiger partial charge on any atom is -0.466 e. The van der Waals surface area contributed by atoms with E-state index in [2.05, 4.69) is 10.7 Å². The molecule has 0 spiro atoms. The highest BCUT2D eigenvalue weighted by Gasteiger charge is 2.14. The third-order valence-electron chi connectivity index (χ3n) is 1.65. The van der Waals surface area contributed by atoms with Crippen molar-refractivity contribution < 1.29 is 19.1 Å². The van der Waals surface area contributed by atoms with Gasteiger partial charge in [0.15, 0.2) is 6.61 Å². The van der Waals surface area contributed by atoms with E-state index in [9.17, 15) is 9.59 Å². The molecule has 0 radical (unpaired) electrons. The number of carbonyl (C=O) groups is 2. The smallest absolute Gasteiger partial charge is 0.307 e. The van der Waals surface area contributed by atoms with Crippen molar-refractivity contribution in [3.63, 3.8) is 0 Å². The van der Waals surface area contributed by atoms with Crippen LogP contribution in [0.5, 0.6) is 0 Å². The van der Waals surface area contributed by atoms with Crippen LogP contribution in [0.1, 0.15) is 26.7 Å². The van der Waals surface area contributed by atoms with E-state index in [0.717, 1.165) is 0 Å². The summed E-state index contributed by atoms with van der Waals surface area (Å²) in [7, 11) is 0. The number of esters is 2. The highest BCUT2D eigenvalue weighted by molar-refractivity contribution is 5.73. The fourth-order valence-electron chi connectivity index (χ4n) is 1.04. The zero-order chi connectivity index (χ0) is 11.7. The summed E-state index contributed by atoms with van der Waals surface area (Å²) in [5.74, 6) is 1.43. The number of carbonyl (C=O) groups excluding carboxylic acids is 2. The molecule has 0 bridgehead atoms. The normalized spacial score (nSPS) is 11.3. The molecule has 0 saturated heterocycles. The van der Waals surface area contributed by atoms with Gasteiger partial charge in [0.05, 0.1) is 6.61 Å². The first kappa shape index (κ1) is 13.5. The predicted octanol–water partition coefficient (Wildman–Crippen LogP) is 1.14. The molecule has 1 atom stereocenters. The average Bonchev–Trinajstić information content (AvgIpc) is 2.14. The molecule has 4 nitrogen and oxygen atoms in total. The number of terminal acetylenes is 1. The molecule has 0 heterocycles. The molecule has 0 aliphatic carbocycles. The van der Waals surface area contributed by atoms with Gasteiger partial charge < -0.3 is 9.47 Å². The summed E-state index contributed by atoms with van der Waals surface area (Å²) in [4.78, 5) is 22.1. The average molecular weight is 212 g/mol. The van der Waals surface area contributed by atoms with E-state index >= 15 is 0 Å². The highest BCUT2D eigenvalue weighted by atomic mass is 16.5. The Hall–Kier alpha value is -1.50. The second-order valence-electron chi connectivity index (χ2n) is 3.18. The van der Waals surface area contributed by atoms with Crippen LogP contribution in [0.2, 0.25) is 0 Å². The van der Waals surface area contributed by atoms with Crippen LogP contribution in [0.15, 0.2) is 0 Å². The maximum Gasteiger partial charge on any atom is 0.307 e. The minimum atomic E-state index is -0.384. The highest BCUT2D eigenvalue weighted by Crippen LogP contribution is 2.09. The lowest BCUT2D eigenvalue weighted by atomic mass is 10.0. The summed E-state index contributed by atoms with van der Waals surface area (Å²) in [5.41, 5.74) is 0. The SMILES string of the molecule is C#CCOC(=O)CC(C)CC(=O)OCC. The first-order valence-corrected chi connectivity index (χ1v) is 4.84. The largest absolute Gasteiger partial charge is 0.466 e. The molecule has 0 aromatic heterocycles. The fraction of sp³-hybridized carbons (Fsp3) is 0.636. The fourth-order valence-corrected chi connectivity index (χ4v) is 1.04. The van der Waals surface area contributed by atoms with E-state index in [1.54, 1.807) is 13.8 Å². The lowest BCUT2D eigenvalue weighted by Gasteiger charge is -2.09. The Kier molecular flexibility index (Phi) is 7.08. The Balaban J connectivity index is 3.73. The van der Waals surface area contributed by atoms with Crippen molar-refractivity contribution in [2.24, 2.45) is 5.92 Å². The molecule has 0 amide bonds. The summed E-state index contributed by atoms with van der Waals surface area (Å²) >= 11 is 0. The second kappa shape index (κ2) is 7.86. The number of hydrogen-bond donors (Lipinski definition) is 0. The molecule has 0 fully saturated rings. The van der Waals surface area contributed by atoms with E-state index in [4.69, 9.17) is 11.2 Å². The van der Waals surface area contributed by atoms with E-state index in [-0.39, 0.29) is 37.3 Å². The molecular formula is C11H16O4. The molecule has 0 aromatic carbocycles. The molecular weight excluding hydrogens is 196 g/mol. The maximum absolute atomic E-state index is 11.1. The van der Waals surface area contributed by atoms with E-state index in [1.807, 2.05) is 0 Å². The van der Waals surface area contributed by atoms with Gasteiger partial charge in [-0.3, -0.25) is 9.59 Å². The Labute approximate surface area is 89.9 Å². The third kappa shape index (κ3) is 7.56. The van der Waals surface area contributed by atoms with Crippen LogP contribution < -0.4 is 0 Å². The molecule has 0 aromatic rings. The summed E-state index contributed by atoms with van der Waals surface area (Å²) in [6, 6.07) is 0. The molecule has 0 aliphatic heterocycles. The second-order valence-corrected chi connectivity index (χ2v) is 3.18. The molecule has 1 unspecified atom stereocenters. The van der Waals surface area contributed by atoms with Crippen molar-refractivity contribution in [1.29, 1.82) is 0 Å². The quantitative estimate of drug-likeness (QED) is 0.489. The van der Waals surface area contributed by atoms with Gasteiger partial charge in [-0.25, -0.2) is 0 Å². The summed E-state index contributed by atoms with van der Waals surface area (Å²) < 4.78 is 9.43. The number of hydrogen-bond acceptors (Lipinski definition) is 4. The Morgan fingerprint density at radius 2 is 1.80 bits per heavy atom. The van der Waals surface area contributed by atoms with Crippen LogP contribution in [0.3, 0.4) is 0 Å². The number of rotatable bonds is 6. The molecule has 0 saturated carbocycles. The van der Waals surface area contributed by atoms with Gasteiger partial charge in [-0.15, -0.1) is 6.42 Å². The van der Waals surface area contributed by atoms with Gasteiger partial charge in [-0.05, 0) is 12.8 Å². The predicted molar refractivity (Wildman–Crippen MR) is 54.8 cm³/mol. The van der Waals surface area contributed by atoms with E-state index in [1.165, 1.54) is 0 Å². The minimum absolute atomic E-state index is 0.0229. The summed E-state index contributed by atoms with van der Waals surface area (Å²) in [6.45, 7) is 3.86. The van der Waals surface area contributed by atoms with Crippen LogP contribution in [-0.4, -0.2) is 25.2 Å². The maximum atomic E-state index is 11.1. The van der Waals surface area contributed by atoms with Crippen molar-refractivity contribution in [1.82, 2.24) is 0 Å². The van der Waals surface area contributed by atoms with Gasteiger partial charge in [-0.2, -0.15) is 0 Å². The van der Waals surface area contributed by atoms with Crippen molar-refractivity contribution in [2.75, 3.05) is 13.2 Å². The Morgan fingerprint density at radius 1 is 1.27 bits per heavy atom. The van der Waals surface area contributed by atoms with Crippen LogP contribution in [0, 0.1) is 18.3 Å². The molecule has 0 rings (SSSR count). The Bertz CT molecular complexity index is 252. The zero-order valence-electron chi connectivity index (χ0n) is 9.12. The van der Waals surface area contributed by atoms with Gasteiger partial charge in [0.2, 0.25) is 0 Å². The van der Waals surface area contributed by atoms with Crippen molar-refractivity contribution in [3.05, 3.63) is 0 Å². The standard InChI is InChI=1S/C11H16O4/c1-4-6-15-11(13)8-9(3)7-10(12)14-5-2/h1,9H,5-8H2,2-3H3. The van der Waals surface area contributed by atoms with Crippen molar-refractivity contribution in [2.45, 2.75) is 26.7 Å². The van der Waals surface area contributed by atoms with Crippen molar-refractivity contribution >= 4 is 11.9 Å². The molecule has 0 N–H and O–H groups in total. The van der Waals surface area contributed by atoms with Gasteiger partial charge in [-0.1, -0.05) is 12.8 Å². The van der Waals surface area contributed by atoms with E-state index in [0.29, 0.717) is 6.61 Å². The first-order chi connectivity index (χ1) is 7.10. The van der Waals surface area contributed by atoms with Crippen LogP contribution >= 0.6 is 0 Å². The van der Waals surface area contributed by atoms with Crippen LogP contribution in [-0.2, 0) is 19.1 Å². The Morgan fingerprint density at radius 3 is 2.27 bits per heavy atom. The van der Waals surface area contributed by atoms with E-state index < -0.39 is 0 Å². The molecule has 4 heteroatoms. The topological polar surface area (TPSA) is 52.6 Å². The van der Waals surface area contributed by atoms with Gasteiger partial charge >= 0.3 is 11.9 Å². The van der Waals surface area contributed by atoms with Gasteiger partial charge in [0.25, 0.3) is 0 Å². The van der Waals surface area contributed by atoms with Gasteiger partial charge in [0.1, 0.15) is 0 Å². The zero-order valence-corrected chi connectivity index (χ0v) is 9.12.